The van der Waals surface area contributed by atoms with Gasteiger partial charge >= 0.3 is 0 Å². The van der Waals surface area contributed by atoms with Crippen LogP contribution in [-0.4, -0.2) is 23.8 Å². The fraction of sp³-hybridized carbons (Fsp3) is 1.00. The fourth-order valence-electron chi connectivity index (χ4n) is 2.15. The second-order valence-electron chi connectivity index (χ2n) is 4.71. The van der Waals surface area contributed by atoms with Crippen molar-refractivity contribution in [3.05, 3.63) is 0 Å². The molecule has 4 atom stereocenters. The van der Waals surface area contributed by atoms with E-state index in [-0.39, 0.29) is 12.6 Å². The molecule has 0 radical (unpaired) electrons. The summed E-state index contributed by atoms with van der Waals surface area (Å²) in [4.78, 5) is 0. The molecule has 1 fully saturated rings. The average molecular weight is 185 g/mol. The highest BCUT2D eigenvalue weighted by Gasteiger charge is 2.24. The second kappa shape index (κ2) is 4.97. The van der Waals surface area contributed by atoms with Crippen LogP contribution in [0, 0.1) is 11.8 Å². The predicted octanol–water partition coefficient (Wildman–Crippen LogP) is 1.78. The molecule has 0 aromatic heterocycles. The molecule has 0 amide bonds. The van der Waals surface area contributed by atoms with E-state index in [0.29, 0.717) is 6.04 Å². The van der Waals surface area contributed by atoms with Gasteiger partial charge in [-0.25, -0.2) is 0 Å². The lowest BCUT2D eigenvalue weighted by atomic mass is 9.79. The summed E-state index contributed by atoms with van der Waals surface area (Å²) in [6, 6.07) is 0.888. The van der Waals surface area contributed by atoms with Crippen LogP contribution in [-0.2, 0) is 0 Å². The molecule has 0 unspecified atom stereocenters. The van der Waals surface area contributed by atoms with Crippen molar-refractivity contribution in [2.75, 3.05) is 6.61 Å². The molecule has 2 nitrogen and oxygen atoms in total. The van der Waals surface area contributed by atoms with Crippen molar-refractivity contribution in [2.45, 2.75) is 52.1 Å². The molecule has 0 aliphatic heterocycles. The molecule has 1 aliphatic rings. The Morgan fingerprint density at radius 3 is 2.54 bits per heavy atom. The quantitative estimate of drug-likeness (QED) is 0.702. The van der Waals surface area contributed by atoms with Crippen LogP contribution in [0.15, 0.2) is 0 Å². The highest BCUT2D eigenvalue weighted by Crippen LogP contribution is 2.29. The van der Waals surface area contributed by atoms with Gasteiger partial charge in [0.1, 0.15) is 0 Å². The maximum atomic E-state index is 8.92. The van der Waals surface area contributed by atoms with Crippen LogP contribution in [0.3, 0.4) is 0 Å². The summed E-state index contributed by atoms with van der Waals surface area (Å²) in [6.45, 7) is 6.97. The Hall–Kier alpha value is -0.0800. The van der Waals surface area contributed by atoms with Gasteiger partial charge in [-0.05, 0) is 38.0 Å². The van der Waals surface area contributed by atoms with Crippen molar-refractivity contribution in [2.24, 2.45) is 11.8 Å². The van der Waals surface area contributed by atoms with Crippen molar-refractivity contribution in [3.63, 3.8) is 0 Å². The van der Waals surface area contributed by atoms with Crippen molar-refractivity contribution >= 4 is 0 Å². The van der Waals surface area contributed by atoms with E-state index in [1.165, 1.54) is 19.3 Å². The van der Waals surface area contributed by atoms with Gasteiger partial charge in [-0.2, -0.15) is 0 Å². The molecule has 2 heteroatoms. The van der Waals surface area contributed by atoms with Gasteiger partial charge in [0.2, 0.25) is 0 Å². The van der Waals surface area contributed by atoms with Crippen LogP contribution >= 0.6 is 0 Å². The van der Waals surface area contributed by atoms with Crippen molar-refractivity contribution in [1.82, 2.24) is 5.32 Å². The van der Waals surface area contributed by atoms with Crippen LogP contribution in [0.5, 0.6) is 0 Å². The Balaban J connectivity index is 2.29. The minimum atomic E-state index is 0.250. The molecule has 1 saturated carbocycles. The molecule has 1 rings (SSSR count). The topological polar surface area (TPSA) is 32.3 Å². The van der Waals surface area contributed by atoms with E-state index in [9.17, 15) is 0 Å². The third-order valence-corrected chi connectivity index (χ3v) is 3.39. The van der Waals surface area contributed by atoms with E-state index in [0.717, 1.165) is 11.8 Å². The molecule has 1 aliphatic carbocycles. The number of aliphatic hydroxyl groups excluding tert-OH is 1. The monoisotopic (exact) mass is 185 g/mol. The zero-order valence-corrected chi connectivity index (χ0v) is 9.09. The summed E-state index contributed by atoms with van der Waals surface area (Å²) in [5, 5.41) is 12.4. The van der Waals surface area contributed by atoms with E-state index in [2.05, 4.69) is 19.2 Å². The lowest BCUT2D eigenvalue weighted by Crippen LogP contribution is -2.42. The van der Waals surface area contributed by atoms with Gasteiger partial charge in [0, 0.05) is 12.1 Å². The van der Waals surface area contributed by atoms with Crippen LogP contribution in [0.1, 0.15) is 40.0 Å². The number of aliphatic hydroxyl groups is 1. The molecule has 2 N–H and O–H groups in total. The number of rotatable bonds is 3. The van der Waals surface area contributed by atoms with E-state index in [1.54, 1.807) is 0 Å². The molecular formula is C11H23NO. The first-order valence-electron chi connectivity index (χ1n) is 5.50. The SMILES string of the molecule is C[C@H](CO)N[C@@H]1CC[C@@H](C)[C@@H](C)C1. The van der Waals surface area contributed by atoms with Crippen LogP contribution in [0.4, 0.5) is 0 Å². The standard InChI is InChI=1S/C11H23NO/c1-8-4-5-11(6-9(8)2)12-10(3)7-13/h8-13H,4-7H2,1-3H3/t8-,9+,10-,11-/m1/s1. The van der Waals surface area contributed by atoms with Gasteiger partial charge in [-0.15, -0.1) is 0 Å². The molecule has 0 aromatic rings. The second-order valence-corrected chi connectivity index (χ2v) is 4.71. The molecule has 78 valence electrons. The molecule has 0 bridgehead atoms. The molecule has 0 heterocycles. The van der Waals surface area contributed by atoms with Crippen molar-refractivity contribution in [3.8, 4) is 0 Å². The lowest BCUT2D eigenvalue weighted by molar-refractivity contribution is 0.188. The third-order valence-electron chi connectivity index (χ3n) is 3.39. The first kappa shape index (κ1) is 11.0. The van der Waals surface area contributed by atoms with E-state index >= 15 is 0 Å². The minimum Gasteiger partial charge on any atom is -0.395 e. The molecule has 0 spiro atoms. The Bertz CT molecular complexity index is 147. The van der Waals surface area contributed by atoms with Gasteiger partial charge in [0.25, 0.3) is 0 Å². The number of nitrogens with one attached hydrogen (secondary N) is 1. The Labute approximate surface area is 81.7 Å². The van der Waals surface area contributed by atoms with Gasteiger partial charge in [-0.3, -0.25) is 0 Å². The van der Waals surface area contributed by atoms with Crippen LogP contribution < -0.4 is 5.32 Å². The first-order chi connectivity index (χ1) is 6.13. The summed E-state index contributed by atoms with van der Waals surface area (Å²) >= 11 is 0. The van der Waals surface area contributed by atoms with E-state index in [1.807, 2.05) is 6.92 Å². The molecule has 0 aromatic carbocycles. The maximum absolute atomic E-state index is 8.92. The van der Waals surface area contributed by atoms with E-state index < -0.39 is 0 Å². The zero-order chi connectivity index (χ0) is 9.84. The Morgan fingerprint density at radius 2 is 2.00 bits per heavy atom. The summed E-state index contributed by atoms with van der Waals surface area (Å²) < 4.78 is 0. The third kappa shape index (κ3) is 3.28. The summed E-state index contributed by atoms with van der Waals surface area (Å²) in [6.07, 6.45) is 3.87. The number of hydrogen-bond donors (Lipinski definition) is 2. The fourth-order valence-corrected chi connectivity index (χ4v) is 2.15. The Kier molecular flexibility index (Phi) is 4.20. The smallest absolute Gasteiger partial charge is 0.0582 e. The van der Waals surface area contributed by atoms with Gasteiger partial charge in [0.05, 0.1) is 6.61 Å². The summed E-state index contributed by atoms with van der Waals surface area (Å²) in [7, 11) is 0. The van der Waals surface area contributed by atoms with Crippen LogP contribution in [0.25, 0.3) is 0 Å². The van der Waals surface area contributed by atoms with Gasteiger partial charge in [-0.1, -0.05) is 13.8 Å². The van der Waals surface area contributed by atoms with E-state index in [4.69, 9.17) is 5.11 Å². The van der Waals surface area contributed by atoms with Crippen molar-refractivity contribution < 1.29 is 5.11 Å². The van der Waals surface area contributed by atoms with Crippen LogP contribution in [0.2, 0.25) is 0 Å². The summed E-state index contributed by atoms with van der Waals surface area (Å²) in [5.74, 6) is 1.71. The summed E-state index contributed by atoms with van der Waals surface area (Å²) in [5.41, 5.74) is 0. The maximum Gasteiger partial charge on any atom is 0.0582 e. The largest absolute Gasteiger partial charge is 0.395 e. The Morgan fingerprint density at radius 1 is 1.31 bits per heavy atom. The van der Waals surface area contributed by atoms with Crippen molar-refractivity contribution in [1.29, 1.82) is 0 Å². The number of hydrogen-bond acceptors (Lipinski definition) is 2. The predicted molar refractivity (Wildman–Crippen MR) is 55.7 cm³/mol. The zero-order valence-electron chi connectivity index (χ0n) is 9.09. The highest BCUT2D eigenvalue weighted by molar-refractivity contribution is 4.81. The molecular weight excluding hydrogens is 162 g/mol. The first-order valence-corrected chi connectivity index (χ1v) is 5.50. The molecule has 0 saturated heterocycles. The molecule has 13 heavy (non-hydrogen) atoms. The lowest BCUT2D eigenvalue weighted by Gasteiger charge is -2.34. The van der Waals surface area contributed by atoms with Gasteiger partial charge in [0.15, 0.2) is 0 Å². The highest BCUT2D eigenvalue weighted by atomic mass is 16.3. The van der Waals surface area contributed by atoms with Gasteiger partial charge < -0.3 is 10.4 Å². The normalized spacial score (nSPS) is 37.4. The average Bonchev–Trinajstić information content (AvgIpc) is 2.11. The minimum absolute atomic E-state index is 0.250.